The molecule has 3 heterocycles. The van der Waals surface area contributed by atoms with Gasteiger partial charge in [-0.25, -0.2) is 9.37 Å². The van der Waals surface area contributed by atoms with Gasteiger partial charge in [-0.05, 0) is 43.2 Å². The maximum Gasteiger partial charge on any atom is 0.416 e. The number of alkyl halides is 4. The van der Waals surface area contributed by atoms with Crippen LogP contribution in [0.15, 0.2) is 30.5 Å². The van der Waals surface area contributed by atoms with Crippen molar-refractivity contribution in [1.29, 1.82) is 0 Å². The molecule has 1 aromatic carbocycles. The van der Waals surface area contributed by atoms with E-state index >= 15 is 0 Å². The van der Waals surface area contributed by atoms with Crippen LogP contribution in [-0.4, -0.2) is 39.3 Å². The van der Waals surface area contributed by atoms with Gasteiger partial charge in [-0.15, -0.1) is 0 Å². The first-order valence-corrected chi connectivity index (χ1v) is 8.73. The minimum Gasteiger partial charge on any atom is -0.507 e. The Labute approximate surface area is 157 Å². The van der Waals surface area contributed by atoms with Crippen molar-refractivity contribution in [2.75, 3.05) is 13.2 Å². The van der Waals surface area contributed by atoms with Gasteiger partial charge >= 0.3 is 6.18 Å². The van der Waals surface area contributed by atoms with E-state index in [9.17, 15) is 22.7 Å². The molecule has 0 spiro atoms. The number of phenols is 1. The number of pyridine rings is 1. The molecule has 0 amide bonds. The van der Waals surface area contributed by atoms with Crippen molar-refractivity contribution >= 4 is 11.0 Å². The second-order valence-electron chi connectivity index (χ2n) is 6.85. The summed E-state index contributed by atoms with van der Waals surface area (Å²) in [5.74, 6) is -0.508. The largest absolute Gasteiger partial charge is 0.507 e. The number of phenolic OH excluding ortho intramolecular Hbond substituents is 1. The van der Waals surface area contributed by atoms with E-state index in [1.165, 1.54) is 11.6 Å². The summed E-state index contributed by atoms with van der Waals surface area (Å²) in [6, 6.07) is 4.50. The monoisotopic (exact) mass is 395 g/mol. The van der Waals surface area contributed by atoms with E-state index in [1.807, 2.05) is 0 Å². The van der Waals surface area contributed by atoms with E-state index in [4.69, 9.17) is 4.74 Å². The zero-order valence-corrected chi connectivity index (χ0v) is 14.9. The van der Waals surface area contributed by atoms with E-state index in [0.29, 0.717) is 35.8 Å². The minimum absolute atomic E-state index is 0.0121. The Hall–Kier alpha value is -2.68. The normalized spacial score (nSPS) is 20.6. The maximum absolute atomic E-state index is 14.1. The number of benzene rings is 1. The zero-order valence-electron chi connectivity index (χ0n) is 14.9. The molecule has 2 atom stereocenters. The number of ether oxygens (including phenoxy) is 1. The molecule has 1 N–H and O–H groups in total. The molecule has 148 valence electrons. The first kappa shape index (κ1) is 18.7. The molecule has 1 fully saturated rings. The summed E-state index contributed by atoms with van der Waals surface area (Å²) < 4.78 is 59.5. The molecule has 0 saturated carbocycles. The molecule has 0 unspecified atom stereocenters. The van der Waals surface area contributed by atoms with Crippen molar-refractivity contribution in [2.24, 2.45) is 0 Å². The number of hydrogen-bond acceptors (Lipinski definition) is 4. The number of aromatic nitrogens is 3. The van der Waals surface area contributed by atoms with E-state index in [0.717, 1.165) is 6.07 Å². The Kier molecular flexibility index (Phi) is 4.49. The number of fused-ring (bicyclic) bond motifs is 1. The molecule has 28 heavy (non-hydrogen) atoms. The fourth-order valence-electron chi connectivity index (χ4n) is 3.49. The summed E-state index contributed by atoms with van der Waals surface area (Å²) in [5.41, 5.74) is 0.149. The first-order chi connectivity index (χ1) is 13.2. The summed E-state index contributed by atoms with van der Waals surface area (Å²) in [6.07, 6.45) is -3.55. The Morgan fingerprint density at radius 2 is 2.04 bits per heavy atom. The highest BCUT2D eigenvalue weighted by molar-refractivity contribution is 5.80. The second kappa shape index (κ2) is 6.73. The molecule has 2 aromatic heterocycles. The lowest BCUT2D eigenvalue weighted by Gasteiger charge is -2.25. The summed E-state index contributed by atoms with van der Waals surface area (Å²) >= 11 is 0. The van der Waals surface area contributed by atoms with Crippen LogP contribution in [0, 0.1) is 6.92 Å². The molecule has 5 nitrogen and oxygen atoms in total. The Morgan fingerprint density at radius 3 is 2.71 bits per heavy atom. The standard InChI is InChI=1S/C19H17F4N3O2/c1-10-6-12(19(21,22)23)7-16(27)17(10)14-3-2-11-8-26(25-18(11)24-14)15-4-5-28-9-13(15)20/h2-3,6-8,13,15,27H,4-5,9H2,1H3/t13-,15+/m1/s1. The van der Waals surface area contributed by atoms with E-state index in [2.05, 4.69) is 10.1 Å². The molecule has 1 aliphatic heterocycles. The Balaban J connectivity index is 1.74. The zero-order chi connectivity index (χ0) is 20.1. The fraction of sp³-hybridized carbons (Fsp3) is 0.368. The molecule has 0 bridgehead atoms. The first-order valence-electron chi connectivity index (χ1n) is 8.73. The summed E-state index contributed by atoms with van der Waals surface area (Å²) in [4.78, 5) is 4.37. The summed E-state index contributed by atoms with van der Waals surface area (Å²) in [6.45, 7) is 1.93. The van der Waals surface area contributed by atoms with Crippen LogP contribution in [0.3, 0.4) is 0 Å². The molecule has 9 heteroatoms. The third kappa shape index (κ3) is 3.30. The summed E-state index contributed by atoms with van der Waals surface area (Å²) in [5, 5.41) is 15.2. The van der Waals surface area contributed by atoms with Gasteiger partial charge in [-0.3, -0.25) is 4.68 Å². The highest BCUT2D eigenvalue weighted by atomic mass is 19.4. The fourth-order valence-corrected chi connectivity index (χ4v) is 3.49. The number of aryl methyl sites for hydroxylation is 1. The Bertz CT molecular complexity index is 1010. The van der Waals surface area contributed by atoms with Crippen LogP contribution in [0.2, 0.25) is 0 Å². The van der Waals surface area contributed by atoms with Crippen LogP contribution >= 0.6 is 0 Å². The Morgan fingerprint density at radius 1 is 1.25 bits per heavy atom. The molecule has 4 rings (SSSR count). The van der Waals surface area contributed by atoms with Gasteiger partial charge in [0.2, 0.25) is 0 Å². The number of halogens is 4. The van der Waals surface area contributed by atoms with Gasteiger partial charge in [0.1, 0.15) is 11.9 Å². The predicted octanol–water partition coefficient (Wildman–Crippen LogP) is 4.43. The molecular weight excluding hydrogens is 378 g/mol. The SMILES string of the molecule is Cc1cc(C(F)(F)F)cc(O)c1-c1ccc2cn([C@H]3CCOC[C@H]3F)nc2n1. The molecule has 1 aliphatic rings. The van der Waals surface area contributed by atoms with Crippen LogP contribution in [0.1, 0.15) is 23.6 Å². The van der Waals surface area contributed by atoms with Crippen molar-refractivity contribution in [3.05, 3.63) is 41.6 Å². The van der Waals surface area contributed by atoms with Crippen LogP contribution in [0.5, 0.6) is 5.75 Å². The van der Waals surface area contributed by atoms with Crippen LogP contribution < -0.4 is 0 Å². The van der Waals surface area contributed by atoms with Gasteiger partial charge in [-0.2, -0.15) is 18.3 Å². The van der Waals surface area contributed by atoms with Crippen molar-refractivity contribution < 1.29 is 27.4 Å². The highest BCUT2D eigenvalue weighted by Gasteiger charge is 2.32. The minimum atomic E-state index is -4.55. The maximum atomic E-state index is 14.1. The average molecular weight is 395 g/mol. The lowest BCUT2D eigenvalue weighted by molar-refractivity contribution is -0.137. The van der Waals surface area contributed by atoms with E-state index < -0.39 is 29.7 Å². The lowest BCUT2D eigenvalue weighted by Crippen LogP contribution is -2.31. The number of aromatic hydroxyl groups is 1. The second-order valence-corrected chi connectivity index (χ2v) is 6.85. The number of rotatable bonds is 2. The van der Waals surface area contributed by atoms with Gasteiger partial charge in [0.25, 0.3) is 0 Å². The average Bonchev–Trinajstić information content (AvgIpc) is 3.04. The molecule has 0 radical (unpaired) electrons. The van der Waals surface area contributed by atoms with Gasteiger partial charge < -0.3 is 9.84 Å². The van der Waals surface area contributed by atoms with Gasteiger partial charge in [-0.1, -0.05) is 0 Å². The van der Waals surface area contributed by atoms with E-state index in [-0.39, 0.29) is 17.7 Å². The van der Waals surface area contributed by atoms with Gasteiger partial charge in [0.15, 0.2) is 5.65 Å². The predicted molar refractivity (Wildman–Crippen MR) is 93.7 cm³/mol. The van der Waals surface area contributed by atoms with Crippen molar-refractivity contribution in [3.8, 4) is 17.0 Å². The molecular formula is C19H17F4N3O2. The highest BCUT2D eigenvalue weighted by Crippen LogP contribution is 2.38. The third-order valence-electron chi connectivity index (χ3n) is 4.88. The van der Waals surface area contributed by atoms with Crippen molar-refractivity contribution in [3.63, 3.8) is 0 Å². The topological polar surface area (TPSA) is 60.2 Å². The van der Waals surface area contributed by atoms with E-state index in [1.54, 1.807) is 18.3 Å². The van der Waals surface area contributed by atoms with Gasteiger partial charge in [0.05, 0.1) is 23.9 Å². The molecule has 3 aromatic rings. The summed E-state index contributed by atoms with van der Waals surface area (Å²) in [7, 11) is 0. The quantitative estimate of drug-likeness (QED) is 0.652. The van der Waals surface area contributed by atoms with Crippen LogP contribution in [0.4, 0.5) is 17.6 Å². The van der Waals surface area contributed by atoms with Crippen LogP contribution in [0.25, 0.3) is 22.3 Å². The van der Waals surface area contributed by atoms with Gasteiger partial charge in [0, 0.05) is 23.8 Å². The number of nitrogens with zero attached hydrogens (tertiary/aromatic N) is 3. The number of hydrogen-bond donors (Lipinski definition) is 1. The molecule has 0 aliphatic carbocycles. The molecule has 1 saturated heterocycles. The third-order valence-corrected chi connectivity index (χ3v) is 4.88. The van der Waals surface area contributed by atoms with Crippen LogP contribution in [-0.2, 0) is 10.9 Å². The smallest absolute Gasteiger partial charge is 0.416 e. The van der Waals surface area contributed by atoms with Crippen molar-refractivity contribution in [1.82, 2.24) is 14.8 Å². The van der Waals surface area contributed by atoms with Crippen molar-refractivity contribution in [2.45, 2.75) is 31.7 Å². The lowest BCUT2D eigenvalue weighted by atomic mass is 10.00.